The van der Waals surface area contributed by atoms with Gasteiger partial charge in [0.15, 0.2) is 5.75 Å². The molecule has 8 heteroatoms. The number of para-hydroxylation sites is 2. The molecule has 0 bridgehead atoms. The zero-order valence-corrected chi connectivity index (χ0v) is 11.3. The number of nitrogens with two attached hydrogens (primary N) is 1. The van der Waals surface area contributed by atoms with Gasteiger partial charge in [0.2, 0.25) is 0 Å². The van der Waals surface area contributed by atoms with E-state index in [9.17, 15) is 21.6 Å². The molecule has 2 N–H and O–H groups in total. The van der Waals surface area contributed by atoms with Crippen LogP contribution in [0, 0.1) is 0 Å². The minimum atomic E-state index is -4.53. The fourth-order valence-corrected chi connectivity index (χ4v) is 2.49. The highest BCUT2D eigenvalue weighted by atomic mass is 32.2. The van der Waals surface area contributed by atoms with E-state index in [0.29, 0.717) is 12.1 Å². The molecular weight excluding hydrogens is 307 g/mol. The normalized spacial score (nSPS) is 12.1. The third kappa shape index (κ3) is 3.46. The zero-order valence-electron chi connectivity index (χ0n) is 10.5. The van der Waals surface area contributed by atoms with Gasteiger partial charge in [-0.1, -0.05) is 12.1 Å². The topological polar surface area (TPSA) is 69.4 Å². The van der Waals surface area contributed by atoms with Crippen LogP contribution < -0.4 is 9.92 Å². The summed E-state index contributed by atoms with van der Waals surface area (Å²) in [6, 6.07) is 8.90. The molecule has 0 heterocycles. The van der Waals surface area contributed by atoms with Crippen molar-refractivity contribution in [3.05, 3.63) is 54.1 Å². The van der Waals surface area contributed by atoms with Crippen LogP contribution in [-0.2, 0) is 16.3 Å². The van der Waals surface area contributed by atoms with Gasteiger partial charge < -0.3 is 9.92 Å². The molecule has 0 spiro atoms. The Balaban J connectivity index is 2.30. The van der Waals surface area contributed by atoms with Crippen LogP contribution in [0.5, 0.6) is 5.75 Å². The van der Waals surface area contributed by atoms with Gasteiger partial charge in [0, 0.05) is 0 Å². The largest absolute Gasteiger partial charge is 0.416 e. The average molecular weight is 317 g/mol. The van der Waals surface area contributed by atoms with Crippen LogP contribution in [-0.4, -0.2) is 8.42 Å². The highest BCUT2D eigenvalue weighted by molar-refractivity contribution is 7.87. The van der Waals surface area contributed by atoms with Crippen LogP contribution in [0.2, 0.25) is 0 Å². The van der Waals surface area contributed by atoms with Gasteiger partial charge in [-0.2, -0.15) is 21.6 Å². The lowest BCUT2D eigenvalue weighted by Crippen LogP contribution is -2.12. The monoisotopic (exact) mass is 317 g/mol. The Kier molecular flexibility index (Phi) is 3.82. The van der Waals surface area contributed by atoms with Crippen molar-refractivity contribution in [2.45, 2.75) is 11.1 Å². The van der Waals surface area contributed by atoms with E-state index in [1.165, 1.54) is 18.2 Å². The molecule has 0 unspecified atom stereocenters. The van der Waals surface area contributed by atoms with Crippen molar-refractivity contribution in [1.82, 2.24) is 0 Å². The Hall–Kier alpha value is -2.22. The smallest absolute Gasteiger partial charge is 0.396 e. The summed E-state index contributed by atoms with van der Waals surface area (Å²) in [5, 5.41) is 0. The Labute approximate surface area is 119 Å². The first-order chi connectivity index (χ1) is 9.70. The van der Waals surface area contributed by atoms with Crippen molar-refractivity contribution in [3.8, 4) is 5.75 Å². The maximum absolute atomic E-state index is 12.4. The fourth-order valence-electron chi connectivity index (χ4n) is 1.53. The Bertz CT molecular complexity index is 740. The predicted molar refractivity (Wildman–Crippen MR) is 70.1 cm³/mol. The summed E-state index contributed by atoms with van der Waals surface area (Å²) in [6.07, 6.45) is -4.53. The van der Waals surface area contributed by atoms with E-state index >= 15 is 0 Å². The lowest BCUT2D eigenvalue weighted by molar-refractivity contribution is -0.137. The maximum Gasteiger partial charge on any atom is 0.416 e. The zero-order chi connectivity index (χ0) is 15.7. The van der Waals surface area contributed by atoms with E-state index < -0.39 is 26.8 Å². The van der Waals surface area contributed by atoms with Crippen molar-refractivity contribution < 1.29 is 25.8 Å². The van der Waals surface area contributed by atoms with Gasteiger partial charge in [-0.25, -0.2) is 0 Å². The number of nitrogen functional groups attached to an aromatic ring is 1. The number of anilines is 1. The van der Waals surface area contributed by atoms with Gasteiger partial charge >= 0.3 is 16.3 Å². The standard InChI is InChI=1S/C13H10F3NO3S/c14-13(15,16)9-5-7-10(8-6-9)21(18,19)20-12-4-2-1-3-11(12)17/h1-8H,17H2. The molecule has 0 amide bonds. The number of benzene rings is 2. The van der Waals surface area contributed by atoms with Crippen LogP contribution in [0.3, 0.4) is 0 Å². The SMILES string of the molecule is Nc1ccccc1OS(=O)(=O)c1ccc(C(F)(F)F)cc1. The molecule has 0 aromatic heterocycles. The average Bonchev–Trinajstić information content (AvgIpc) is 2.40. The maximum atomic E-state index is 12.4. The molecule has 0 radical (unpaired) electrons. The Morgan fingerprint density at radius 1 is 0.952 bits per heavy atom. The highest BCUT2D eigenvalue weighted by Crippen LogP contribution is 2.30. The lowest BCUT2D eigenvalue weighted by Gasteiger charge is -2.10. The van der Waals surface area contributed by atoms with Crippen molar-refractivity contribution in [2.24, 2.45) is 0 Å². The minimum absolute atomic E-state index is 0.0857. The second kappa shape index (κ2) is 5.28. The lowest BCUT2D eigenvalue weighted by atomic mass is 10.2. The van der Waals surface area contributed by atoms with Crippen LogP contribution in [0.4, 0.5) is 18.9 Å². The first kappa shape index (κ1) is 15.2. The molecule has 0 aliphatic carbocycles. The molecule has 0 aliphatic heterocycles. The van der Waals surface area contributed by atoms with Crippen molar-refractivity contribution in [2.75, 3.05) is 5.73 Å². The second-order valence-corrected chi connectivity index (χ2v) is 5.64. The van der Waals surface area contributed by atoms with E-state index in [1.807, 2.05) is 0 Å². The number of alkyl halides is 3. The molecule has 0 aliphatic rings. The predicted octanol–water partition coefficient (Wildman–Crippen LogP) is 3.06. The third-order valence-electron chi connectivity index (χ3n) is 2.59. The summed E-state index contributed by atoms with van der Waals surface area (Å²) in [7, 11) is -4.25. The number of hydrogen-bond acceptors (Lipinski definition) is 4. The summed E-state index contributed by atoms with van der Waals surface area (Å²) < 4.78 is 66.0. The van der Waals surface area contributed by atoms with Crippen molar-refractivity contribution >= 4 is 15.8 Å². The quantitative estimate of drug-likeness (QED) is 0.698. The summed E-state index contributed by atoms with van der Waals surface area (Å²) in [4.78, 5) is -0.390. The van der Waals surface area contributed by atoms with Crippen LogP contribution >= 0.6 is 0 Å². The van der Waals surface area contributed by atoms with Gasteiger partial charge in [-0.15, -0.1) is 0 Å². The molecule has 0 atom stereocenters. The first-order valence-corrected chi connectivity index (χ1v) is 7.07. The number of halogens is 3. The molecule has 0 saturated carbocycles. The molecule has 4 nitrogen and oxygen atoms in total. The molecule has 2 aromatic rings. The van der Waals surface area contributed by atoms with Crippen molar-refractivity contribution in [1.29, 1.82) is 0 Å². The van der Waals surface area contributed by atoms with Gasteiger partial charge in [-0.3, -0.25) is 0 Å². The second-order valence-electron chi connectivity index (χ2n) is 4.10. The van der Waals surface area contributed by atoms with Crippen LogP contribution in [0.15, 0.2) is 53.4 Å². The van der Waals surface area contributed by atoms with E-state index in [0.717, 1.165) is 12.1 Å². The van der Waals surface area contributed by atoms with Crippen LogP contribution in [0.25, 0.3) is 0 Å². The van der Waals surface area contributed by atoms with Gasteiger partial charge in [-0.05, 0) is 36.4 Å². The summed E-state index contributed by atoms with van der Waals surface area (Å²) in [6.45, 7) is 0. The molecule has 0 fully saturated rings. The number of hydrogen-bond donors (Lipinski definition) is 1. The molecular formula is C13H10F3NO3S. The Morgan fingerprint density at radius 2 is 1.52 bits per heavy atom. The van der Waals surface area contributed by atoms with E-state index in [1.54, 1.807) is 6.07 Å². The van der Waals surface area contributed by atoms with E-state index in [-0.39, 0.29) is 11.4 Å². The van der Waals surface area contributed by atoms with Gasteiger partial charge in [0.25, 0.3) is 0 Å². The van der Waals surface area contributed by atoms with Gasteiger partial charge in [0.05, 0.1) is 11.3 Å². The summed E-state index contributed by atoms with van der Waals surface area (Å²) in [5.74, 6) is -0.0857. The molecule has 112 valence electrons. The molecule has 0 saturated heterocycles. The minimum Gasteiger partial charge on any atom is -0.396 e. The summed E-state index contributed by atoms with van der Waals surface area (Å²) in [5.41, 5.74) is 4.71. The van der Waals surface area contributed by atoms with Crippen molar-refractivity contribution in [3.63, 3.8) is 0 Å². The number of rotatable bonds is 3. The summed E-state index contributed by atoms with van der Waals surface area (Å²) >= 11 is 0. The Morgan fingerprint density at radius 3 is 2.05 bits per heavy atom. The van der Waals surface area contributed by atoms with E-state index in [4.69, 9.17) is 9.92 Å². The van der Waals surface area contributed by atoms with Crippen LogP contribution in [0.1, 0.15) is 5.56 Å². The van der Waals surface area contributed by atoms with E-state index in [2.05, 4.69) is 0 Å². The third-order valence-corrected chi connectivity index (χ3v) is 3.84. The molecule has 2 aromatic carbocycles. The highest BCUT2D eigenvalue weighted by Gasteiger charge is 2.30. The first-order valence-electron chi connectivity index (χ1n) is 5.66. The van der Waals surface area contributed by atoms with Gasteiger partial charge in [0.1, 0.15) is 4.90 Å². The molecule has 21 heavy (non-hydrogen) atoms. The molecule has 2 rings (SSSR count). The fraction of sp³-hybridized carbons (Fsp3) is 0.0769.